The number of aromatic nitrogens is 2. The van der Waals surface area contributed by atoms with Gasteiger partial charge in [-0.15, -0.1) is 0 Å². The normalized spacial score (nSPS) is 16.2. The van der Waals surface area contributed by atoms with E-state index in [2.05, 4.69) is 10.4 Å². The van der Waals surface area contributed by atoms with Crippen LogP contribution in [0.4, 0.5) is 10.2 Å². The van der Waals surface area contributed by atoms with Crippen molar-refractivity contribution in [3.8, 4) is 11.4 Å². The first-order valence-electron chi connectivity index (χ1n) is 7.93. The Bertz CT molecular complexity index is 934. The Morgan fingerprint density at radius 3 is 2.80 bits per heavy atom. The van der Waals surface area contributed by atoms with E-state index in [4.69, 9.17) is 4.74 Å². The van der Waals surface area contributed by atoms with Gasteiger partial charge in [0.1, 0.15) is 17.4 Å². The summed E-state index contributed by atoms with van der Waals surface area (Å²) >= 11 is 0. The number of carbonyl (C=O) groups excluding carboxylic acids is 1. The SMILES string of the molecule is COc1cccc([C@H]2CC(=O)Nc3c2cnn3-c2ccc(F)cc2)c1. The summed E-state index contributed by atoms with van der Waals surface area (Å²) in [6.45, 7) is 0. The molecule has 0 spiro atoms. The van der Waals surface area contributed by atoms with Gasteiger partial charge in [0, 0.05) is 17.9 Å². The molecule has 0 fully saturated rings. The number of rotatable bonds is 3. The van der Waals surface area contributed by atoms with Gasteiger partial charge in [-0.2, -0.15) is 5.10 Å². The Morgan fingerprint density at radius 2 is 2.04 bits per heavy atom. The summed E-state index contributed by atoms with van der Waals surface area (Å²) in [4.78, 5) is 12.3. The molecule has 1 N–H and O–H groups in total. The molecule has 2 heterocycles. The maximum atomic E-state index is 13.2. The lowest BCUT2D eigenvalue weighted by atomic mass is 9.87. The van der Waals surface area contributed by atoms with Crippen LogP contribution in [0.15, 0.2) is 54.7 Å². The zero-order valence-corrected chi connectivity index (χ0v) is 13.6. The summed E-state index contributed by atoms with van der Waals surface area (Å²) in [5.41, 5.74) is 2.61. The summed E-state index contributed by atoms with van der Waals surface area (Å²) < 4.78 is 20.1. The van der Waals surface area contributed by atoms with Crippen LogP contribution < -0.4 is 10.1 Å². The fraction of sp³-hybridized carbons (Fsp3) is 0.158. The highest BCUT2D eigenvalue weighted by atomic mass is 19.1. The third kappa shape index (κ3) is 2.76. The first kappa shape index (κ1) is 15.4. The van der Waals surface area contributed by atoms with Gasteiger partial charge < -0.3 is 10.1 Å². The van der Waals surface area contributed by atoms with Gasteiger partial charge in [0.25, 0.3) is 0 Å². The van der Waals surface area contributed by atoms with Crippen LogP contribution in [-0.2, 0) is 4.79 Å². The van der Waals surface area contributed by atoms with E-state index in [1.54, 1.807) is 30.1 Å². The van der Waals surface area contributed by atoms with Gasteiger partial charge >= 0.3 is 0 Å². The van der Waals surface area contributed by atoms with Gasteiger partial charge in [0.15, 0.2) is 0 Å². The number of nitrogens with one attached hydrogen (secondary N) is 1. The number of hydrogen-bond donors (Lipinski definition) is 1. The molecule has 1 aliphatic rings. The molecule has 2 aromatic carbocycles. The topological polar surface area (TPSA) is 56.1 Å². The smallest absolute Gasteiger partial charge is 0.226 e. The Kier molecular flexibility index (Phi) is 3.72. The van der Waals surface area contributed by atoms with Gasteiger partial charge in [-0.05, 0) is 42.0 Å². The molecule has 1 aromatic heterocycles. The van der Waals surface area contributed by atoms with Gasteiger partial charge in [-0.3, -0.25) is 4.79 Å². The van der Waals surface area contributed by atoms with E-state index in [1.165, 1.54) is 12.1 Å². The van der Waals surface area contributed by atoms with E-state index in [-0.39, 0.29) is 17.6 Å². The number of methoxy groups -OCH3 is 1. The van der Waals surface area contributed by atoms with Gasteiger partial charge in [0.2, 0.25) is 5.91 Å². The minimum absolute atomic E-state index is 0.0795. The van der Waals surface area contributed by atoms with Crippen LogP contribution in [0.5, 0.6) is 5.75 Å². The molecule has 0 aliphatic carbocycles. The van der Waals surface area contributed by atoms with Crippen molar-refractivity contribution in [1.29, 1.82) is 0 Å². The summed E-state index contributed by atoms with van der Waals surface area (Å²) in [7, 11) is 1.62. The van der Waals surface area contributed by atoms with E-state index in [9.17, 15) is 9.18 Å². The van der Waals surface area contributed by atoms with Crippen molar-refractivity contribution < 1.29 is 13.9 Å². The van der Waals surface area contributed by atoms with E-state index in [0.717, 1.165) is 16.9 Å². The van der Waals surface area contributed by atoms with Crippen LogP contribution >= 0.6 is 0 Å². The highest BCUT2D eigenvalue weighted by molar-refractivity contribution is 5.94. The largest absolute Gasteiger partial charge is 0.497 e. The standard InChI is InChI=1S/C19H16FN3O2/c1-25-15-4-2-3-12(9-15)16-10-18(24)22-19-17(16)11-21-23(19)14-7-5-13(20)6-8-14/h2-9,11,16H,10H2,1H3,(H,22,24)/t16-/m1/s1. The number of fused-ring (bicyclic) bond motifs is 1. The van der Waals surface area contributed by atoms with Gasteiger partial charge in [-0.1, -0.05) is 12.1 Å². The minimum Gasteiger partial charge on any atom is -0.497 e. The highest BCUT2D eigenvalue weighted by Crippen LogP contribution is 2.38. The molecule has 6 heteroatoms. The predicted octanol–water partition coefficient (Wildman–Crippen LogP) is 3.49. The Balaban J connectivity index is 1.79. The quantitative estimate of drug-likeness (QED) is 0.796. The van der Waals surface area contributed by atoms with Gasteiger partial charge in [-0.25, -0.2) is 9.07 Å². The molecule has 1 aliphatic heterocycles. The first-order valence-corrected chi connectivity index (χ1v) is 7.93. The second-order valence-corrected chi connectivity index (χ2v) is 5.92. The molecule has 1 atom stereocenters. The molecule has 0 bridgehead atoms. The number of halogens is 1. The number of hydrogen-bond acceptors (Lipinski definition) is 3. The van der Waals surface area contributed by atoms with E-state index >= 15 is 0 Å². The average molecular weight is 337 g/mol. The number of anilines is 1. The van der Waals surface area contributed by atoms with E-state index in [1.807, 2.05) is 24.3 Å². The molecule has 25 heavy (non-hydrogen) atoms. The van der Waals surface area contributed by atoms with Crippen molar-refractivity contribution in [2.24, 2.45) is 0 Å². The van der Waals surface area contributed by atoms with Crippen molar-refractivity contribution in [3.63, 3.8) is 0 Å². The second-order valence-electron chi connectivity index (χ2n) is 5.92. The van der Waals surface area contributed by atoms with Crippen LogP contribution in [-0.4, -0.2) is 22.8 Å². The molecule has 0 saturated heterocycles. The van der Waals surface area contributed by atoms with Crippen molar-refractivity contribution in [2.45, 2.75) is 12.3 Å². The number of nitrogens with zero attached hydrogens (tertiary/aromatic N) is 2. The van der Waals surface area contributed by atoms with E-state index < -0.39 is 0 Å². The average Bonchev–Trinajstić information content (AvgIpc) is 3.05. The fourth-order valence-corrected chi connectivity index (χ4v) is 3.15. The van der Waals surface area contributed by atoms with Crippen molar-refractivity contribution in [2.75, 3.05) is 12.4 Å². The van der Waals surface area contributed by atoms with Crippen LogP contribution in [0.1, 0.15) is 23.5 Å². The summed E-state index contributed by atoms with van der Waals surface area (Å²) in [5, 5.41) is 7.29. The van der Waals surface area contributed by atoms with Crippen LogP contribution in [0.2, 0.25) is 0 Å². The third-order valence-electron chi connectivity index (χ3n) is 4.39. The molecule has 3 aromatic rings. The number of benzene rings is 2. The Labute approximate surface area is 144 Å². The molecule has 0 saturated carbocycles. The molecular formula is C19H16FN3O2. The molecule has 126 valence electrons. The minimum atomic E-state index is -0.317. The molecule has 0 unspecified atom stereocenters. The zero-order chi connectivity index (χ0) is 17.4. The monoisotopic (exact) mass is 337 g/mol. The second kappa shape index (κ2) is 6.05. The summed E-state index contributed by atoms with van der Waals surface area (Å²) in [6, 6.07) is 13.7. The highest BCUT2D eigenvalue weighted by Gasteiger charge is 2.30. The molecule has 0 radical (unpaired) electrons. The number of amides is 1. The molecular weight excluding hydrogens is 321 g/mol. The number of carbonyl (C=O) groups is 1. The molecule has 5 nitrogen and oxygen atoms in total. The van der Waals surface area contributed by atoms with Gasteiger partial charge in [0.05, 0.1) is 19.0 Å². The summed E-state index contributed by atoms with van der Waals surface area (Å²) in [5.74, 6) is 0.868. The Morgan fingerprint density at radius 1 is 1.24 bits per heavy atom. The predicted molar refractivity (Wildman–Crippen MR) is 91.6 cm³/mol. The maximum Gasteiger partial charge on any atom is 0.226 e. The first-order chi connectivity index (χ1) is 12.2. The lowest BCUT2D eigenvalue weighted by Gasteiger charge is -2.24. The fourth-order valence-electron chi connectivity index (χ4n) is 3.15. The maximum absolute atomic E-state index is 13.2. The van der Waals surface area contributed by atoms with Crippen LogP contribution in [0.3, 0.4) is 0 Å². The molecule has 1 amide bonds. The lowest BCUT2D eigenvalue weighted by Crippen LogP contribution is -2.24. The number of ether oxygens (including phenoxy) is 1. The van der Waals surface area contributed by atoms with Crippen molar-refractivity contribution >= 4 is 11.7 Å². The molecule has 4 rings (SSSR count). The van der Waals surface area contributed by atoms with Crippen molar-refractivity contribution in [3.05, 3.63) is 71.7 Å². The summed E-state index contributed by atoms with van der Waals surface area (Å²) in [6.07, 6.45) is 2.09. The lowest BCUT2D eigenvalue weighted by molar-refractivity contribution is -0.116. The van der Waals surface area contributed by atoms with E-state index in [0.29, 0.717) is 17.9 Å². The Hall–Kier alpha value is -3.15. The van der Waals surface area contributed by atoms with Crippen LogP contribution in [0, 0.1) is 5.82 Å². The third-order valence-corrected chi connectivity index (χ3v) is 4.39. The van der Waals surface area contributed by atoms with Crippen molar-refractivity contribution in [1.82, 2.24) is 9.78 Å². The van der Waals surface area contributed by atoms with Crippen LogP contribution in [0.25, 0.3) is 5.69 Å². The zero-order valence-electron chi connectivity index (χ0n) is 13.6.